The lowest BCUT2D eigenvalue weighted by Gasteiger charge is -2.47. The maximum Gasteiger partial charge on any atom is 0.246 e. The highest BCUT2D eigenvalue weighted by molar-refractivity contribution is 7.09. The quantitative estimate of drug-likeness (QED) is 0.512. The third kappa shape index (κ3) is 2.90. The largest absolute Gasteiger partial charge is 0.356 e. The fourth-order valence-corrected chi connectivity index (χ4v) is 5.99. The number of hydrogen-bond acceptors (Lipinski definition) is 3. The molecule has 1 N–H and O–H groups in total. The monoisotopic (exact) mass is 441 g/mol. The first-order chi connectivity index (χ1) is 15.6. The Morgan fingerprint density at radius 1 is 1.03 bits per heavy atom. The molecule has 1 fully saturated rings. The molecule has 5 nitrogen and oxygen atoms in total. The average molecular weight is 442 g/mol. The fourth-order valence-electron chi connectivity index (χ4n) is 5.27. The van der Waals surface area contributed by atoms with Gasteiger partial charge >= 0.3 is 0 Å². The summed E-state index contributed by atoms with van der Waals surface area (Å²) < 4.78 is 0. The van der Waals surface area contributed by atoms with Gasteiger partial charge in [0.1, 0.15) is 12.6 Å². The summed E-state index contributed by atoms with van der Waals surface area (Å²) in [5.41, 5.74) is 5.41. The van der Waals surface area contributed by atoms with Crippen molar-refractivity contribution in [2.24, 2.45) is 0 Å². The number of piperazine rings is 1. The Labute approximate surface area is 190 Å². The number of benzene rings is 2. The topological polar surface area (TPSA) is 56.4 Å². The number of amides is 2. The van der Waals surface area contributed by atoms with Crippen LogP contribution in [0.15, 0.2) is 66.0 Å². The second-order valence-electron chi connectivity index (χ2n) is 8.62. The molecule has 6 heteroatoms. The smallest absolute Gasteiger partial charge is 0.246 e. The van der Waals surface area contributed by atoms with Crippen molar-refractivity contribution in [3.63, 3.8) is 0 Å². The van der Waals surface area contributed by atoms with Crippen molar-refractivity contribution in [2.45, 2.75) is 32.0 Å². The number of H-pyrrole nitrogens is 1. The predicted octanol–water partition coefficient (Wildman–Crippen LogP) is 4.42. The zero-order valence-electron chi connectivity index (χ0n) is 17.7. The van der Waals surface area contributed by atoms with Crippen LogP contribution in [0.25, 0.3) is 10.9 Å². The van der Waals surface area contributed by atoms with Crippen LogP contribution in [0, 0.1) is 6.92 Å². The SMILES string of the molecule is Cc1ccccc1[C@@H]1c2[nH]c3ccccc3c2C[C@H]2C(=O)N(Cc3cccs3)CC(=O)N12. The highest BCUT2D eigenvalue weighted by Crippen LogP contribution is 2.43. The molecule has 0 saturated carbocycles. The van der Waals surface area contributed by atoms with Gasteiger partial charge in [0, 0.05) is 27.9 Å². The van der Waals surface area contributed by atoms with E-state index >= 15 is 0 Å². The highest BCUT2D eigenvalue weighted by Gasteiger charge is 2.48. The van der Waals surface area contributed by atoms with E-state index in [-0.39, 0.29) is 24.4 Å². The third-order valence-electron chi connectivity index (χ3n) is 6.75. The summed E-state index contributed by atoms with van der Waals surface area (Å²) in [6.07, 6.45) is 0.535. The number of carbonyl (C=O) groups excluding carboxylic acids is 2. The number of thiophene rings is 1. The summed E-state index contributed by atoms with van der Waals surface area (Å²) in [5.74, 6) is 0.0382. The molecule has 2 atom stereocenters. The molecule has 0 aliphatic carbocycles. The summed E-state index contributed by atoms with van der Waals surface area (Å²) in [6.45, 7) is 2.67. The Morgan fingerprint density at radius 2 is 1.84 bits per heavy atom. The van der Waals surface area contributed by atoms with Crippen molar-refractivity contribution in [2.75, 3.05) is 6.54 Å². The average Bonchev–Trinajstić information content (AvgIpc) is 3.44. The van der Waals surface area contributed by atoms with E-state index in [4.69, 9.17) is 0 Å². The fraction of sp³-hybridized carbons (Fsp3) is 0.231. The van der Waals surface area contributed by atoms with Crippen molar-refractivity contribution in [3.8, 4) is 0 Å². The van der Waals surface area contributed by atoms with Gasteiger partial charge < -0.3 is 14.8 Å². The first kappa shape index (κ1) is 19.3. The minimum atomic E-state index is -0.493. The number of fused-ring (bicyclic) bond motifs is 4. The molecule has 4 aromatic rings. The van der Waals surface area contributed by atoms with Crippen LogP contribution in [-0.2, 0) is 22.6 Å². The lowest BCUT2D eigenvalue weighted by Crippen LogP contribution is -2.62. The third-order valence-corrected chi connectivity index (χ3v) is 7.61. The second kappa shape index (κ2) is 7.35. The number of aryl methyl sites for hydroxylation is 1. The molecule has 32 heavy (non-hydrogen) atoms. The molecule has 0 bridgehead atoms. The summed E-state index contributed by atoms with van der Waals surface area (Å²) in [6, 6.07) is 19.6. The van der Waals surface area contributed by atoms with Crippen LogP contribution < -0.4 is 0 Å². The van der Waals surface area contributed by atoms with Crippen LogP contribution in [0.5, 0.6) is 0 Å². The Bertz CT molecular complexity index is 1340. The van der Waals surface area contributed by atoms with Crippen molar-refractivity contribution >= 4 is 34.1 Å². The number of carbonyl (C=O) groups is 2. The molecule has 6 rings (SSSR count). The number of nitrogens with zero attached hydrogens (tertiary/aromatic N) is 2. The number of aromatic nitrogens is 1. The minimum Gasteiger partial charge on any atom is -0.356 e. The standard InChI is InChI=1S/C26H23N3O2S/c1-16-7-2-3-9-18(16)25-24-20(19-10-4-5-11-21(19)27-24)13-22-26(31)28(15-23(30)29(22)25)14-17-8-6-12-32-17/h2-12,22,25,27H,13-15H2,1H3/t22-,25+/m0/s1. The summed E-state index contributed by atoms with van der Waals surface area (Å²) in [4.78, 5) is 35.5. The summed E-state index contributed by atoms with van der Waals surface area (Å²) >= 11 is 1.62. The van der Waals surface area contributed by atoms with E-state index in [9.17, 15) is 9.59 Å². The van der Waals surface area contributed by atoms with Crippen molar-refractivity contribution in [1.29, 1.82) is 0 Å². The van der Waals surface area contributed by atoms with Gasteiger partial charge in [0.05, 0.1) is 12.6 Å². The van der Waals surface area contributed by atoms with Gasteiger partial charge in [-0.2, -0.15) is 0 Å². The Balaban J connectivity index is 1.50. The van der Waals surface area contributed by atoms with Crippen molar-refractivity contribution in [1.82, 2.24) is 14.8 Å². The summed E-state index contributed by atoms with van der Waals surface area (Å²) in [5, 5.41) is 3.14. The molecule has 2 aromatic heterocycles. The number of rotatable bonds is 3. The molecule has 2 aliphatic rings. The van der Waals surface area contributed by atoms with Gasteiger partial charge in [-0.3, -0.25) is 9.59 Å². The Hall–Kier alpha value is -3.38. The Morgan fingerprint density at radius 3 is 2.66 bits per heavy atom. The zero-order valence-corrected chi connectivity index (χ0v) is 18.6. The van der Waals surface area contributed by atoms with Crippen LogP contribution in [-0.4, -0.2) is 39.2 Å². The molecule has 2 aliphatic heterocycles. The van der Waals surface area contributed by atoms with Gasteiger partial charge in [-0.15, -0.1) is 11.3 Å². The normalized spacial score (nSPS) is 20.5. The number of aromatic amines is 1. The molecule has 2 aromatic carbocycles. The number of hydrogen-bond donors (Lipinski definition) is 1. The molecule has 160 valence electrons. The summed E-state index contributed by atoms with van der Waals surface area (Å²) in [7, 11) is 0. The molecule has 0 spiro atoms. The van der Waals surface area contributed by atoms with E-state index in [1.807, 2.05) is 46.7 Å². The van der Waals surface area contributed by atoms with Gasteiger partial charge in [-0.1, -0.05) is 48.5 Å². The van der Waals surface area contributed by atoms with Gasteiger partial charge in [0.25, 0.3) is 0 Å². The van der Waals surface area contributed by atoms with Crippen LogP contribution in [0.3, 0.4) is 0 Å². The van der Waals surface area contributed by atoms with Gasteiger partial charge in [-0.05, 0) is 41.1 Å². The van der Waals surface area contributed by atoms with E-state index in [2.05, 4.69) is 36.2 Å². The number of nitrogens with one attached hydrogen (secondary N) is 1. The maximum atomic E-state index is 13.7. The van der Waals surface area contributed by atoms with E-state index in [1.165, 1.54) is 0 Å². The lowest BCUT2D eigenvalue weighted by atomic mass is 9.85. The Kier molecular flexibility index (Phi) is 4.43. The van der Waals surface area contributed by atoms with Crippen molar-refractivity contribution < 1.29 is 9.59 Å². The van der Waals surface area contributed by atoms with Gasteiger partial charge in [0.15, 0.2) is 0 Å². The van der Waals surface area contributed by atoms with Crippen LogP contribution >= 0.6 is 11.3 Å². The van der Waals surface area contributed by atoms with Crippen LogP contribution in [0.1, 0.15) is 33.3 Å². The van der Waals surface area contributed by atoms with E-state index in [0.29, 0.717) is 13.0 Å². The van der Waals surface area contributed by atoms with E-state index < -0.39 is 6.04 Å². The zero-order chi connectivity index (χ0) is 21.8. The first-order valence-electron chi connectivity index (χ1n) is 10.9. The predicted molar refractivity (Wildman–Crippen MR) is 125 cm³/mol. The number of para-hydroxylation sites is 1. The molecule has 1 saturated heterocycles. The van der Waals surface area contributed by atoms with Crippen LogP contribution in [0.2, 0.25) is 0 Å². The van der Waals surface area contributed by atoms with Gasteiger partial charge in [0.2, 0.25) is 11.8 Å². The van der Waals surface area contributed by atoms with E-state index in [0.717, 1.165) is 38.2 Å². The lowest BCUT2D eigenvalue weighted by molar-refractivity contribution is -0.159. The molecule has 2 amide bonds. The van der Waals surface area contributed by atoms with Gasteiger partial charge in [-0.25, -0.2) is 0 Å². The van der Waals surface area contributed by atoms with E-state index in [1.54, 1.807) is 16.2 Å². The van der Waals surface area contributed by atoms with Crippen LogP contribution in [0.4, 0.5) is 0 Å². The maximum absolute atomic E-state index is 13.7. The second-order valence-corrected chi connectivity index (χ2v) is 9.65. The molecular weight excluding hydrogens is 418 g/mol. The molecule has 4 heterocycles. The molecule has 0 radical (unpaired) electrons. The minimum absolute atomic E-state index is 0.00344. The first-order valence-corrected chi connectivity index (χ1v) is 11.8. The van der Waals surface area contributed by atoms with Crippen molar-refractivity contribution in [3.05, 3.63) is 93.3 Å². The molecule has 0 unspecified atom stereocenters. The molecular formula is C26H23N3O2S. The highest BCUT2D eigenvalue weighted by atomic mass is 32.1.